The van der Waals surface area contributed by atoms with Crippen LogP contribution in [0.15, 0.2) is 78.5 Å². The van der Waals surface area contributed by atoms with Gasteiger partial charge in [0.1, 0.15) is 5.37 Å². The summed E-state index contributed by atoms with van der Waals surface area (Å²) in [6, 6.07) is 23.4. The van der Waals surface area contributed by atoms with Crippen LogP contribution in [0.25, 0.3) is 27.9 Å². The summed E-state index contributed by atoms with van der Waals surface area (Å²) >= 11 is 10.7. The zero-order valence-corrected chi connectivity index (χ0v) is 17.6. The average Bonchev–Trinajstić information content (AvgIpc) is 3.02. The van der Waals surface area contributed by atoms with Crippen molar-refractivity contribution in [3.05, 3.63) is 94.6 Å². The van der Waals surface area contributed by atoms with Crippen LogP contribution in [0, 0.1) is 0 Å². The van der Waals surface area contributed by atoms with Gasteiger partial charge in [-0.2, -0.15) is 0 Å². The molecular weight excluding hydrogens is 414 g/mol. The summed E-state index contributed by atoms with van der Waals surface area (Å²) in [6.07, 6.45) is 2.02. The van der Waals surface area contributed by atoms with Crippen molar-refractivity contribution < 1.29 is 4.79 Å². The Morgan fingerprint density at radius 2 is 1.57 bits per heavy atom. The molecule has 2 heterocycles. The van der Waals surface area contributed by atoms with Crippen molar-refractivity contribution in [3.63, 3.8) is 0 Å². The largest absolute Gasteiger partial charge is 0.323 e. The summed E-state index contributed by atoms with van der Waals surface area (Å²) < 4.78 is 0. The lowest BCUT2D eigenvalue weighted by Crippen LogP contribution is -2.30. The van der Waals surface area contributed by atoms with Crippen LogP contribution in [0.2, 0.25) is 5.02 Å². The van der Waals surface area contributed by atoms with Crippen LogP contribution in [0.5, 0.6) is 0 Å². The van der Waals surface area contributed by atoms with Gasteiger partial charge in [0.2, 0.25) is 0 Å². The number of nitrogens with zero attached hydrogens (tertiary/aromatic N) is 2. The van der Waals surface area contributed by atoms with Crippen LogP contribution in [0.4, 0.5) is 4.79 Å². The maximum atomic E-state index is 12.7. The van der Waals surface area contributed by atoms with Crippen molar-refractivity contribution in [2.75, 3.05) is 0 Å². The van der Waals surface area contributed by atoms with E-state index in [9.17, 15) is 4.79 Å². The molecule has 30 heavy (non-hydrogen) atoms. The third-order valence-electron chi connectivity index (χ3n) is 5.28. The standard InChI is InChI=1S/C24H18ClN3OS/c25-16-11-9-15(10-12-16)14-28-23(30)22(27-24(28)29)13-19-17-5-1-3-7-20(17)26-21-8-4-2-6-18(19)21/h1-13,23,30H,14H2,(H,27,29)/b22-13-. The number of carbonyl (C=O) groups excluding carboxylic acids is 1. The number of amides is 2. The van der Waals surface area contributed by atoms with Gasteiger partial charge in [0.15, 0.2) is 0 Å². The Kier molecular flexibility index (Phi) is 4.85. The Morgan fingerprint density at radius 3 is 2.20 bits per heavy atom. The van der Waals surface area contributed by atoms with E-state index in [4.69, 9.17) is 29.2 Å². The second-order valence-electron chi connectivity index (χ2n) is 7.22. The first-order valence-corrected chi connectivity index (χ1v) is 10.5. The fourth-order valence-electron chi connectivity index (χ4n) is 3.78. The molecule has 4 nitrogen and oxygen atoms in total. The van der Waals surface area contributed by atoms with E-state index in [1.165, 1.54) is 0 Å². The maximum Gasteiger partial charge on any atom is 0.323 e. The van der Waals surface area contributed by atoms with E-state index in [1.54, 1.807) is 4.90 Å². The molecule has 0 spiro atoms. The molecule has 3 aromatic carbocycles. The zero-order chi connectivity index (χ0) is 20.7. The molecule has 1 fully saturated rings. The molecule has 6 heteroatoms. The van der Waals surface area contributed by atoms with Crippen molar-refractivity contribution in [1.82, 2.24) is 15.2 Å². The summed E-state index contributed by atoms with van der Waals surface area (Å²) in [5.41, 5.74) is 4.61. The number of pyridine rings is 1. The average molecular weight is 432 g/mol. The highest BCUT2D eigenvalue weighted by atomic mass is 35.5. The number of aromatic nitrogens is 1. The first kappa shape index (κ1) is 19.0. The second-order valence-corrected chi connectivity index (χ2v) is 8.14. The van der Waals surface area contributed by atoms with E-state index >= 15 is 0 Å². The summed E-state index contributed by atoms with van der Waals surface area (Å²) in [4.78, 5) is 19.1. The Bertz CT molecular complexity index is 1250. The number of urea groups is 1. The first-order valence-electron chi connectivity index (χ1n) is 9.59. The zero-order valence-electron chi connectivity index (χ0n) is 15.9. The molecule has 148 valence electrons. The number of thiol groups is 1. The van der Waals surface area contributed by atoms with Gasteiger partial charge in [-0.1, -0.05) is 60.1 Å². The van der Waals surface area contributed by atoms with E-state index in [2.05, 4.69) is 17.4 Å². The van der Waals surface area contributed by atoms with Gasteiger partial charge in [0.25, 0.3) is 0 Å². The van der Waals surface area contributed by atoms with E-state index in [0.29, 0.717) is 11.6 Å². The van der Waals surface area contributed by atoms with Crippen molar-refractivity contribution in [1.29, 1.82) is 0 Å². The predicted molar refractivity (Wildman–Crippen MR) is 126 cm³/mol. The highest BCUT2D eigenvalue weighted by Crippen LogP contribution is 2.31. The second kappa shape index (κ2) is 7.67. The highest BCUT2D eigenvalue weighted by molar-refractivity contribution is 7.81. The van der Waals surface area contributed by atoms with Gasteiger partial charge < -0.3 is 10.2 Å². The van der Waals surface area contributed by atoms with Crippen LogP contribution >= 0.6 is 24.2 Å². The molecule has 0 aliphatic carbocycles. The van der Waals surface area contributed by atoms with Gasteiger partial charge in [-0.3, -0.25) is 0 Å². The minimum Gasteiger partial charge on any atom is -0.309 e. The number of hydrogen-bond donors (Lipinski definition) is 2. The third kappa shape index (κ3) is 3.40. The molecule has 1 N–H and O–H groups in total. The number of benzene rings is 3. The summed E-state index contributed by atoms with van der Waals surface area (Å²) in [7, 11) is 0. The maximum absolute atomic E-state index is 12.7. The number of fused-ring (bicyclic) bond motifs is 2. The summed E-state index contributed by atoms with van der Waals surface area (Å²) in [5.74, 6) is 0. The number of carbonyl (C=O) groups is 1. The number of nitrogens with one attached hydrogen (secondary N) is 1. The fraction of sp³-hybridized carbons (Fsp3) is 0.0833. The van der Waals surface area contributed by atoms with E-state index in [-0.39, 0.29) is 11.4 Å². The molecule has 1 unspecified atom stereocenters. The Balaban J connectivity index is 1.57. The molecule has 1 saturated heterocycles. The lowest BCUT2D eigenvalue weighted by atomic mass is 10.0. The van der Waals surface area contributed by atoms with Crippen molar-refractivity contribution in [2.24, 2.45) is 0 Å². The van der Waals surface area contributed by atoms with Gasteiger partial charge in [0, 0.05) is 22.3 Å². The lowest BCUT2D eigenvalue weighted by molar-refractivity contribution is 0.213. The normalized spacial score (nSPS) is 17.8. The van der Waals surface area contributed by atoms with Gasteiger partial charge in [-0.25, -0.2) is 9.78 Å². The summed E-state index contributed by atoms with van der Waals surface area (Å²) in [5, 5.41) is 5.36. The first-order chi connectivity index (χ1) is 14.6. The number of para-hydroxylation sites is 2. The minimum atomic E-state index is -0.376. The Hall–Kier alpha value is -3.02. The number of hydrogen-bond acceptors (Lipinski definition) is 3. The number of rotatable bonds is 3. The molecule has 0 radical (unpaired) electrons. The van der Waals surface area contributed by atoms with Crippen LogP contribution in [0.1, 0.15) is 11.1 Å². The van der Waals surface area contributed by atoms with Crippen LogP contribution in [-0.2, 0) is 6.54 Å². The molecule has 2 amide bonds. The smallest absolute Gasteiger partial charge is 0.309 e. The fourth-order valence-corrected chi connectivity index (χ4v) is 4.23. The van der Waals surface area contributed by atoms with Crippen molar-refractivity contribution in [3.8, 4) is 0 Å². The van der Waals surface area contributed by atoms with Gasteiger partial charge in [-0.05, 0) is 41.5 Å². The molecule has 0 bridgehead atoms. The molecule has 1 aromatic heterocycles. The molecule has 5 rings (SSSR count). The van der Waals surface area contributed by atoms with Gasteiger partial charge in [-0.15, -0.1) is 12.6 Å². The topological polar surface area (TPSA) is 45.2 Å². The third-order valence-corrected chi connectivity index (χ3v) is 6.09. The van der Waals surface area contributed by atoms with Crippen molar-refractivity contribution in [2.45, 2.75) is 11.9 Å². The van der Waals surface area contributed by atoms with E-state index in [0.717, 1.165) is 38.6 Å². The van der Waals surface area contributed by atoms with E-state index < -0.39 is 0 Å². The molecule has 1 atom stereocenters. The molecule has 4 aromatic rings. The SMILES string of the molecule is O=C1N/C(=C\c2c3ccccc3nc3ccccc23)C(S)N1Cc1ccc(Cl)cc1. The predicted octanol–water partition coefficient (Wildman–Crippen LogP) is 5.86. The quantitative estimate of drug-likeness (QED) is 0.315. The van der Waals surface area contributed by atoms with Gasteiger partial charge >= 0.3 is 6.03 Å². The summed E-state index contributed by atoms with van der Waals surface area (Å²) in [6.45, 7) is 0.451. The molecule has 1 aliphatic heterocycles. The lowest BCUT2D eigenvalue weighted by Gasteiger charge is -2.19. The van der Waals surface area contributed by atoms with Gasteiger partial charge in [0.05, 0.1) is 16.7 Å². The number of halogens is 1. The highest BCUT2D eigenvalue weighted by Gasteiger charge is 2.32. The van der Waals surface area contributed by atoms with E-state index in [1.807, 2.05) is 66.7 Å². The van der Waals surface area contributed by atoms with Crippen LogP contribution in [0.3, 0.4) is 0 Å². The monoisotopic (exact) mass is 431 g/mol. The minimum absolute atomic E-state index is 0.168. The Morgan fingerprint density at radius 1 is 0.967 bits per heavy atom. The molecular formula is C24H18ClN3OS. The van der Waals surface area contributed by atoms with Crippen molar-refractivity contribution >= 4 is 58.1 Å². The van der Waals surface area contributed by atoms with Crippen LogP contribution in [-0.4, -0.2) is 21.3 Å². The molecule has 1 aliphatic rings. The van der Waals surface area contributed by atoms with Crippen LogP contribution < -0.4 is 5.32 Å². The Labute approximate surface area is 184 Å². The molecule has 0 saturated carbocycles.